The Morgan fingerprint density at radius 3 is 1.88 bits per heavy atom. The lowest BCUT2D eigenvalue weighted by molar-refractivity contribution is -0.133. The van der Waals surface area contributed by atoms with Gasteiger partial charge in [-0.25, -0.2) is 18.0 Å². The van der Waals surface area contributed by atoms with Crippen LogP contribution in [0.25, 0.3) is 0 Å². The summed E-state index contributed by atoms with van der Waals surface area (Å²) in [5.74, 6) is -4.15. The fourth-order valence-electron chi connectivity index (χ4n) is 4.41. The standard InChI is InChI=1S/C19H21F3N2O2/c1-23-17(12-8-13(20)15(22)14(21)9-12)18(25)24(19(23)26)16(10-4-2-5-10)11-6-3-7-11/h8-11,16-17H,2-7H2,1H3/t17-/m1/s1. The number of nitrogens with zero attached hydrogens (tertiary/aromatic N) is 2. The molecule has 3 fully saturated rings. The minimum absolute atomic E-state index is 0.0364. The molecule has 1 saturated heterocycles. The van der Waals surface area contributed by atoms with E-state index in [0.717, 1.165) is 50.7 Å². The number of carbonyl (C=O) groups excluding carboxylic acids is 2. The number of rotatable bonds is 4. The van der Waals surface area contributed by atoms with Gasteiger partial charge in [0.15, 0.2) is 17.5 Å². The average Bonchev–Trinajstić information content (AvgIpc) is 2.70. The highest BCUT2D eigenvalue weighted by Crippen LogP contribution is 2.45. The summed E-state index contributed by atoms with van der Waals surface area (Å²) in [6.07, 6.45) is 6.16. The van der Waals surface area contributed by atoms with Gasteiger partial charge in [-0.05, 0) is 55.2 Å². The highest BCUT2D eigenvalue weighted by molar-refractivity contribution is 6.05. The molecule has 0 aromatic heterocycles. The maximum absolute atomic E-state index is 13.6. The highest BCUT2D eigenvalue weighted by Gasteiger charge is 2.52. The molecule has 3 aliphatic rings. The monoisotopic (exact) mass is 366 g/mol. The van der Waals surface area contributed by atoms with Gasteiger partial charge < -0.3 is 4.90 Å². The van der Waals surface area contributed by atoms with Crippen LogP contribution in [-0.2, 0) is 4.79 Å². The van der Waals surface area contributed by atoms with E-state index in [0.29, 0.717) is 11.8 Å². The number of likely N-dealkylation sites (N-methyl/N-ethyl adjacent to an activating group) is 1. The van der Waals surface area contributed by atoms with E-state index >= 15 is 0 Å². The van der Waals surface area contributed by atoms with Gasteiger partial charge in [0.25, 0.3) is 5.91 Å². The molecule has 1 aliphatic heterocycles. The van der Waals surface area contributed by atoms with Crippen molar-refractivity contribution in [3.63, 3.8) is 0 Å². The molecule has 1 atom stereocenters. The molecule has 0 bridgehead atoms. The number of imide groups is 1. The smallest absolute Gasteiger partial charge is 0.311 e. The summed E-state index contributed by atoms with van der Waals surface area (Å²) in [7, 11) is 1.45. The van der Waals surface area contributed by atoms with Crippen molar-refractivity contribution >= 4 is 11.9 Å². The molecule has 4 nitrogen and oxygen atoms in total. The van der Waals surface area contributed by atoms with Crippen LogP contribution >= 0.6 is 0 Å². The van der Waals surface area contributed by atoms with Crippen molar-refractivity contribution in [1.29, 1.82) is 0 Å². The molecule has 1 heterocycles. The predicted octanol–water partition coefficient (Wildman–Crippen LogP) is 4.01. The lowest BCUT2D eigenvalue weighted by Gasteiger charge is -2.45. The summed E-state index contributed by atoms with van der Waals surface area (Å²) in [4.78, 5) is 28.4. The Balaban J connectivity index is 1.68. The van der Waals surface area contributed by atoms with Crippen LogP contribution in [0.1, 0.15) is 50.1 Å². The molecule has 1 aromatic rings. The zero-order valence-electron chi connectivity index (χ0n) is 14.6. The molecule has 1 aromatic carbocycles. The fourth-order valence-corrected chi connectivity index (χ4v) is 4.41. The average molecular weight is 366 g/mol. The fraction of sp³-hybridized carbons (Fsp3) is 0.579. The van der Waals surface area contributed by atoms with E-state index in [9.17, 15) is 22.8 Å². The summed E-state index contributed by atoms with van der Waals surface area (Å²) >= 11 is 0. The molecule has 26 heavy (non-hydrogen) atoms. The second-order valence-electron chi connectivity index (χ2n) is 7.68. The molecule has 2 aliphatic carbocycles. The van der Waals surface area contributed by atoms with Crippen LogP contribution < -0.4 is 0 Å². The topological polar surface area (TPSA) is 40.6 Å². The minimum Gasteiger partial charge on any atom is -0.311 e. The van der Waals surface area contributed by atoms with Crippen LogP contribution in [0.2, 0.25) is 0 Å². The third kappa shape index (κ3) is 2.51. The van der Waals surface area contributed by atoms with Gasteiger partial charge in [0, 0.05) is 13.1 Å². The minimum atomic E-state index is -1.58. The zero-order chi connectivity index (χ0) is 18.6. The summed E-state index contributed by atoms with van der Waals surface area (Å²) in [6.45, 7) is 0. The molecule has 140 valence electrons. The largest absolute Gasteiger partial charge is 0.327 e. The van der Waals surface area contributed by atoms with Crippen molar-refractivity contribution in [3.05, 3.63) is 35.1 Å². The van der Waals surface area contributed by atoms with Crippen molar-refractivity contribution in [2.45, 2.75) is 50.6 Å². The number of hydrogen-bond acceptors (Lipinski definition) is 2. The van der Waals surface area contributed by atoms with E-state index in [2.05, 4.69) is 0 Å². The molecular formula is C19H21F3N2O2. The first kappa shape index (κ1) is 17.4. The van der Waals surface area contributed by atoms with Gasteiger partial charge in [0.2, 0.25) is 0 Å². The molecule has 0 radical (unpaired) electrons. The number of urea groups is 1. The first-order valence-corrected chi connectivity index (χ1v) is 9.14. The van der Waals surface area contributed by atoms with E-state index in [1.54, 1.807) is 0 Å². The van der Waals surface area contributed by atoms with Crippen LogP contribution in [0.4, 0.5) is 18.0 Å². The van der Waals surface area contributed by atoms with Crippen LogP contribution in [-0.4, -0.2) is 34.8 Å². The second kappa shape index (κ2) is 6.28. The second-order valence-corrected chi connectivity index (χ2v) is 7.68. The number of halogens is 3. The Hall–Kier alpha value is -2.05. The lowest BCUT2D eigenvalue weighted by Crippen LogP contribution is -2.52. The number of hydrogen-bond donors (Lipinski definition) is 0. The van der Waals surface area contributed by atoms with E-state index in [1.165, 1.54) is 16.8 Å². The van der Waals surface area contributed by atoms with Gasteiger partial charge in [-0.2, -0.15) is 0 Å². The van der Waals surface area contributed by atoms with Crippen molar-refractivity contribution in [3.8, 4) is 0 Å². The molecule has 0 unspecified atom stereocenters. The quantitative estimate of drug-likeness (QED) is 0.597. The highest BCUT2D eigenvalue weighted by atomic mass is 19.2. The van der Waals surface area contributed by atoms with Crippen molar-refractivity contribution in [1.82, 2.24) is 9.80 Å². The Morgan fingerprint density at radius 2 is 1.46 bits per heavy atom. The van der Waals surface area contributed by atoms with Gasteiger partial charge >= 0.3 is 6.03 Å². The van der Waals surface area contributed by atoms with Gasteiger partial charge in [0.05, 0.1) is 0 Å². The third-order valence-electron chi connectivity index (χ3n) is 6.25. The normalized spacial score (nSPS) is 24.4. The SMILES string of the molecule is CN1C(=O)N(C(C2CCC2)C2CCC2)C(=O)[C@H]1c1cc(F)c(F)c(F)c1. The maximum atomic E-state index is 13.6. The van der Waals surface area contributed by atoms with Crippen LogP contribution in [0.15, 0.2) is 12.1 Å². The molecule has 3 amide bonds. The third-order valence-corrected chi connectivity index (χ3v) is 6.25. The Bertz CT molecular complexity index is 724. The maximum Gasteiger partial charge on any atom is 0.327 e. The van der Waals surface area contributed by atoms with E-state index < -0.39 is 35.4 Å². The Kier molecular flexibility index (Phi) is 4.20. The summed E-state index contributed by atoms with van der Waals surface area (Å²) in [5, 5.41) is 0. The first-order chi connectivity index (χ1) is 12.4. The summed E-state index contributed by atoms with van der Waals surface area (Å²) < 4.78 is 40.5. The molecular weight excluding hydrogens is 345 g/mol. The molecule has 7 heteroatoms. The Morgan fingerprint density at radius 1 is 0.962 bits per heavy atom. The first-order valence-electron chi connectivity index (χ1n) is 9.14. The van der Waals surface area contributed by atoms with Crippen molar-refractivity contribution < 1.29 is 22.8 Å². The predicted molar refractivity (Wildman–Crippen MR) is 87.5 cm³/mol. The summed E-state index contributed by atoms with van der Waals surface area (Å²) in [5.41, 5.74) is -0.0364. The van der Waals surface area contributed by atoms with Gasteiger partial charge in [-0.1, -0.05) is 12.8 Å². The van der Waals surface area contributed by atoms with Gasteiger partial charge in [-0.3, -0.25) is 9.69 Å². The molecule has 0 N–H and O–H groups in total. The van der Waals surface area contributed by atoms with Crippen LogP contribution in [0.3, 0.4) is 0 Å². The van der Waals surface area contributed by atoms with Crippen molar-refractivity contribution in [2.24, 2.45) is 11.8 Å². The zero-order valence-corrected chi connectivity index (χ0v) is 14.6. The lowest BCUT2D eigenvalue weighted by atomic mass is 9.68. The Labute approximate surface area is 149 Å². The molecule has 2 saturated carbocycles. The number of amides is 3. The van der Waals surface area contributed by atoms with Gasteiger partial charge in [-0.15, -0.1) is 0 Å². The van der Waals surface area contributed by atoms with Crippen LogP contribution in [0.5, 0.6) is 0 Å². The van der Waals surface area contributed by atoms with Crippen molar-refractivity contribution in [2.75, 3.05) is 7.05 Å². The van der Waals surface area contributed by atoms with Crippen LogP contribution in [0, 0.1) is 29.3 Å². The number of benzene rings is 1. The molecule has 4 rings (SSSR count). The van der Waals surface area contributed by atoms with E-state index in [4.69, 9.17) is 0 Å². The van der Waals surface area contributed by atoms with E-state index in [1.807, 2.05) is 0 Å². The summed E-state index contributed by atoms with van der Waals surface area (Å²) in [6, 6.07) is -0.0878. The van der Waals surface area contributed by atoms with Gasteiger partial charge in [0.1, 0.15) is 6.04 Å². The van der Waals surface area contributed by atoms with E-state index in [-0.39, 0.29) is 11.6 Å². The molecule has 0 spiro atoms. The number of carbonyl (C=O) groups is 2.